The summed E-state index contributed by atoms with van der Waals surface area (Å²) in [4.78, 5) is 59.5. The molecule has 4 rings (SSSR count). The van der Waals surface area contributed by atoms with Crippen LogP contribution in [0.4, 0.5) is 10.7 Å². The van der Waals surface area contributed by atoms with Crippen LogP contribution in [0, 0.1) is 10.8 Å². The van der Waals surface area contributed by atoms with Crippen LogP contribution in [-0.2, 0) is 23.3 Å². The average Bonchev–Trinajstić information content (AvgIpc) is 3.26. The molecular formula is C27H35ClN6O6. The summed E-state index contributed by atoms with van der Waals surface area (Å²) < 4.78 is 9.13. The van der Waals surface area contributed by atoms with Gasteiger partial charge in [0.2, 0.25) is 5.95 Å². The number of esters is 1. The van der Waals surface area contributed by atoms with Crippen LogP contribution in [0.1, 0.15) is 41.5 Å². The third-order valence-corrected chi connectivity index (χ3v) is 7.38. The van der Waals surface area contributed by atoms with Gasteiger partial charge in [-0.1, -0.05) is 44.5 Å². The number of piperazine rings is 1. The minimum absolute atomic E-state index is 0.0256. The van der Waals surface area contributed by atoms with E-state index in [0.717, 1.165) is 9.13 Å². The number of aromatic nitrogens is 4. The van der Waals surface area contributed by atoms with Crippen molar-refractivity contribution in [3.05, 3.63) is 50.1 Å². The molecule has 0 spiro atoms. The third kappa shape index (κ3) is 5.19. The van der Waals surface area contributed by atoms with Gasteiger partial charge in [-0.05, 0) is 38.3 Å². The van der Waals surface area contributed by atoms with E-state index in [0.29, 0.717) is 16.7 Å². The van der Waals surface area contributed by atoms with Gasteiger partial charge in [0.05, 0.1) is 22.2 Å². The number of amides is 1. The maximum atomic E-state index is 13.6. The summed E-state index contributed by atoms with van der Waals surface area (Å²) in [5.74, 6) is -0.203. The van der Waals surface area contributed by atoms with Crippen molar-refractivity contribution in [3.63, 3.8) is 0 Å². The van der Waals surface area contributed by atoms with E-state index >= 15 is 0 Å². The van der Waals surface area contributed by atoms with E-state index in [4.69, 9.17) is 21.3 Å². The third-order valence-electron chi connectivity index (χ3n) is 7.06. The molecular weight excluding hydrogens is 540 g/mol. The number of ether oxygens (including phenoxy) is 1. The zero-order valence-corrected chi connectivity index (χ0v) is 24.5. The summed E-state index contributed by atoms with van der Waals surface area (Å²) in [6.45, 7) is 11.3. The summed E-state index contributed by atoms with van der Waals surface area (Å²) in [5, 5.41) is 10.2. The van der Waals surface area contributed by atoms with E-state index in [9.17, 15) is 24.3 Å². The molecule has 13 heteroatoms. The molecule has 3 heterocycles. The van der Waals surface area contributed by atoms with Gasteiger partial charge in [0.1, 0.15) is 0 Å². The SMILES string of the molecule is Cn1c(=O)c2c(nc(N3CCN(C(=O)O)C(C(C)(C)C)C3)n2-c2ccccc2Cl)n(COC(=O)C(C)(C)C)c1=O. The van der Waals surface area contributed by atoms with Gasteiger partial charge in [0.25, 0.3) is 5.56 Å². The maximum Gasteiger partial charge on any atom is 0.407 e. The Balaban J connectivity index is 1.98. The Morgan fingerprint density at radius 3 is 2.33 bits per heavy atom. The van der Waals surface area contributed by atoms with Crippen molar-refractivity contribution >= 4 is 40.8 Å². The Morgan fingerprint density at radius 1 is 1.10 bits per heavy atom. The van der Waals surface area contributed by atoms with Crippen LogP contribution in [0.25, 0.3) is 16.9 Å². The molecule has 1 atom stereocenters. The smallest absolute Gasteiger partial charge is 0.407 e. The molecule has 0 aliphatic carbocycles. The fourth-order valence-electron chi connectivity index (χ4n) is 4.76. The zero-order valence-electron chi connectivity index (χ0n) is 23.8. The second kappa shape index (κ2) is 10.3. The maximum absolute atomic E-state index is 13.6. The lowest BCUT2D eigenvalue weighted by Gasteiger charge is -2.46. The van der Waals surface area contributed by atoms with E-state index < -0.39 is 46.9 Å². The Kier molecular flexibility index (Phi) is 7.52. The highest BCUT2D eigenvalue weighted by molar-refractivity contribution is 6.32. The van der Waals surface area contributed by atoms with Crippen LogP contribution in [-0.4, -0.2) is 66.4 Å². The Morgan fingerprint density at radius 2 is 1.75 bits per heavy atom. The van der Waals surface area contributed by atoms with Crippen molar-refractivity contribution in [1.29, 1.82) is 0 Å². The van der Waals surface area contributed by atoms with Gasteiger partial charge in [-0.25, -0.2) is 14.2 Å². The van der Waals surface area contributed by atoms with Crippen LogP contribution >= 0.6 is 11.6 Å². The van der Waals surface area contributed by atoms with E-state index in [-0.39, 0.29) is 30.8 Å². The highest BCUT2D eigenvalue weighted by atomic mass is 35.5. The van der Waals surface area contributed by atoms with Gasteiger partial charge in [0.15, 0.2) is 17.9 Å². The molecule has 0 radical (unpaired) electrons. The lowest BCUT2D eigenvalue weighted by atomic mass is 9.84. The molecule has 1 saturated heterocycles. The number of imidazole rings is 1. The molecule has 40 heavy (non-hydrogen) atoms. The number of hydrogen-bond donors (Lipinski definition) is 1. The zero-order chi connectivity index (χ0) is 29.7. The average molecular weight is 575 g/mol. The molecule has 12 nitrogen and oxygen atoms in total. The van der Waals surface area contributed by atoms with Crippen molar-refractivity contribution in [2.24, 2.45) is 17.9 Å². The predicted octanol–water partition coefficient (Wildman–Crippen LogP) is 3.30. The van der Waals surface area contributed by atoms with Crippen LogP contribution < -0.4 is 16.1 Å². The number of hydrogen-bond acceptors (Lipinski definition) is 7. The number of benzene rings is 1. The Bertz CT molecular complexity index is 1590. The molecule has 216 valence electrons. The normalized spacial score (nSPS) is 16.4. The van der Waals surface area contributed by atoms with Crippen molar-refractivity contribution < 1.29 is 19.4 Å². The Hall–Kier alpha value is -3.80. The van der Waals surface area contributed by atoms with Gasteiger partial charge in [0, 0.05) is 26.7 Å². The van der Waals surface area contributed by atoms with E-state index in [1.807, 2.05) is 25.7 Å². The summed E-state index contributed by atoms with van der Waals surface area (Å²) in [6.07, 6.45) is -1.01. The predicted molar refractivity (Wildman–Crippen MR) is 151 cm³/mol. The molecule has 3 aromatic rings. The van der Waals surface area contributed by atoms with Gasteiger partial charge in [-0.3, -0.25) is 18.7 Å². The van der Waals surface area contributed by atoms with Crippen LogP contribution in [0.3, 0.4) is 0 Å². The first-order valence-electron chi connectivity index (χ1n) is 12.9. The van der Waals surface area contributed by atoms with Gasteiger partial charge >= 0.3 is 17.8 Å². The highest BCUT2D eigenvalue weighted by Gasteiger charge is 2.40. The molecule has 1 aliphatic rings. The first-order valence-corrected chi connectivity index (χ1v) is 13.3. The lowest BCUT2D eigenvalue weighted by Crippen LogP contribution is -2.59. The monoisotopic (exact) mass is 574 g/mol. The fraction of sp³-hybridized carbons (Fsp3) is 0.519. The molecule has 1 aromatic carbocycles. The van der Waals surface area contributed by atoms with E-state index in [1.54, 1.807) is 49.6 Å². The number of carbonyl (C=O) groups excluding carboxylic acids is 1. The number of nitrogens with zero attached hydrogens (tertiary/aromatic N) is 6. The van der Waals surface area contributed by atoms with Crippen LogP contribution in [0.15, 0.2) is 33.9 Å². The number of rotatable bonds is 4. The van der Waals surface area contributed by atoms with Crippen molar-refractivity contribution in [2.75, 3.05) is 24.5 Å². The van der Waals surface area contributed by atoms with Crippen LogP contribution in [0.5, 0.6) is 0 Å². The molecule has 1 fully saturated rings. The van der Waals surface area contributed by atoms with Crippen LogP contribution in [0.2, 0.25) is 5.02 Å². The molecule has 1 N–H and O–H groups in total. The second-order valence-corrected chi connectivity index (χ2v) is 12.5. The summed E-state index contributed by atoms with van der Waals surface area (Å²) >= 11 is 6.61. The minimum Gasteiger partial charge on any atom is -0.465 e. The highest BCUT2D eigenvalue weighted by Crippen LogP contribution is 2.34. The van der Waals surface area contributed by atoms with Crippen molar-refractivity contribution in [2.45, 2.75) is 54.3 Å². The summed E-state index contributed by atoms with van der Waals surface area (Å²) in [5.41, 5.74) is -1.95. The molecule has 1 amide bonds. The van der Waals surface area contributed by atoms with Crippen molar-refractivity contribution in [3.8, 4) is 5.69 Å². The Labute approximate surface area is 236 Å². The topological polar surface area (TPSA) is 132 Å². The molecule has 0 saturated carbocycles. The molecule has 0 bridgehead atoms. The first-order chi connectivity index (χ1) is 18.5. The summed E-state index contributed by atoms with van der Waals surface area (Å²) in [7, 11) is 1.34. The summed E-state index contributed by atoms with van der Waals surface area (Å²) in [6, 6.07) is 6.54. The molecule has 1 aliphatic heterocycles. The van der Waals surface area contributed by atoms with Gasteiger partial charge < -0.3 is 19.6 Å². The number of carboxylic acid groups (broad SMARTS) is 1. The fourth-order valence-corrected chi connectivity index (χ4v) is 4.98. The largest absolute Gasteiger partial charge is 0.465 e. The standard InChI is InChI=1S/C27H35ClN6O6/c1-26(2,3)18-14-31(12-13-32(18)25(38)39)23-29-20-19(34(23)17-11-9-8-10-16(17)28)21(35)30(7)24(37)33(20)15-40-22(36)27(4,5)6/h8-11,18H,12-15H2,1-7H3,(H,38,39). The molecule has 1 unspecified atom stereocenters. The van der Waals surface area contributed by atoms with E-state index in [2.05, 4.69) is 0 Å². The van der Waals surface area contributed by atoms with Crippen molar-refractivity contribution in [1.82, 2.24) is 23.6 Å². The lowest BCUT2D eigenvalue weighted by molar-refractivity contribution is -0.156. The second-order valence-electron chi connectivity index (χ2n) is 12.1. The van der Waals surface area contributed by atoms with Gasteiger partial charge in [-0.15, -0.1) is 0 Å². The quantitative estimate of drug-likeness (QED) is 0.469. The number of anilines is 1. The number of carbonyl (C=O) groups is 2. The van der Waals surface area contributed by atoms with E-state index in [1.165, 1.54) is 11.9 Å². The number of para-hydroxylation sites is 1. The minimum atomic E-state index is -1.01. The number of fused-ring (bicyclic) bond motifs is 1. The number of halogens is 1. The van der Waals surface area contributed by atoms with Gasteiger partial charge in [-0.2, -0.15) is 4.98 Å². The first kappa shape index (κ1) is 29.2. The molecule has 2 aromatic heterocycles.